The average molecular weight is 237 g/mol. The van der Waals surface area contributed by atoms with E-state index in [4.69, 9.17) is 16.9 Å². The van der Waals surface area contributed by atoms with Crippen LogP contribution in [0, 0.1) is 17.1 Å². The topological polar surface area (TPSA) is 54.5 Å². The zero-order chi connectivity index (χ0) is 11.5. The van der Waals surface area contributed by atoms with Crippen molar-refractivity contribution in [2.24, 2.45) is 0 Å². The lowest BCUT2D eigenvalue weighted by Crippen LogP contribution is -2.02. The van der Waals surface area contributed by atoms with Crippen LogP contribution >= 0.6 is 11.6 Å². The Kier molecular flexibility index (Phi) is 2.84. The fourth-order valence-electron chi connectivity index (χ4n) is 1.27. The third-order valence-corrected chi connectivity index (χ3v) is 2.42. The van der Waals surface area contributed by atoms with Crippen LogP contribution < -0.4 is 0 Å². The molecule has 2 aromatic rings. The molecule has 0 bridgehead atoms. The van der Waals surface area contributed by atoms with Crippen LogP contribution in [0.3, 0.4) is 0 Å². The zero-order valence-corrected chi connectivity index (χ0v) is 8.82. The Morgan fingerprint density at radius 1 is 1.50 bits per heavy atom. The van der Waals surface area contributed by atoms with Crippen molar-refractivity contribution in [2.75, 3.05) is 0 Å². The van der Waals surface area contributed by atoms with Crippen molar-refractivity contribution >= 4 is 11.6 Å². The van der Waals surface area contributed by atoms with Gasteiger partial charge in [0.2, 0.25) is 0 Å². The average Bonchev–Trinajstić information content (AvgIpc) is 2.73. The maximum Gasteiger partial charge on any atom is 0.252 e. The number of benzene rings is 1. The molecule has 0 saturated heterocycles. The molecule has 0 fully saturated rings. The quantitative estimate of drug-likeness (QED) is 0.801. The summed E-state index contributed by atoms with van der Waals surface area (Å²) in [5.41, 5.74) is 0.594. The van der Waals surface area contributed by atoms with Crippen molar-refractivity contribution in [3.05, 3.63) is 46.8 Å². The Labute approximate surface area is 95.9 Å². The summed E-state index contributed by atoms with van der Waals surface area (Å²) < 4.78 is 14.6. The number of rotatable bonds is 2. The minimum Gasteiger partial charge on any atom is -0.247 e. The van der Waals surface area contributed by atoms with E-state index in [1.165, 1.54) is 17.1 Å². The molecule has 0 spiro atoms. The smallest absolute Gasteiger partial charge is 0.247 e. The van der Waals surface area contributed by atoms with Gasteiger partial charge in [0.25, 0.3) is 5.82 Å². The Balaban J connectivity index is 2.27. The third kappa shape index (κ3) is 2.02. The molecule has 0 N–H and O–H groups in total. The molecule has 6 heteroatoms. The number of hydrogen-bond acceptors (Lipinski definition) is 3. The molecular weight excluding hydrogens is 231 g/mol. The van der Waals surface area contributed by atoms with Crippen molar-refractivity contribution in [3.63, 3.8) is 0 Å². The van der Waals surface area contributed by atoms with Crippen molar-refractivity contribution < 1.29 is 4.39 Å². The summed E-state index contributed by atoms with van der Waals surface area (Å²) in [7, 11) is 0. The molecule has 0 aliphatic carbocycles. The van der Waals surface area contributed by atoms with E-state index < -0.39 is 5.82 Å². The summed E-state index contributed by atoms with van der Waals surface area (Å²) in [6.07, 6.45) is 1.40. The van der Waals surface area contributed by atoms with Crippen LogP contribution in [0.25, 0.3) is 0 Å². The SMILES string of the molecule is N#Cc1ncn(Cc2cccc(F)c2Cl)n1. The van der Waals surface area contributed by atoms with Crippen LogP contribution in [0.4, 0.5) is 4.39 Å². The van der Waals surface area contributed by atoms with Gasteiger partial charge in [-0.05, 0) is 11.6 Å². The van der Waals surface area contributed by atoms with E-state index in [2.05, 4.69) is 10.1 Å². The number of halogens is 2. The molecule has 0 atom stereocenters. The number of nitrogens with zero attached hydrogens (tertiary/aromatic N) is 4. The lowest BCUT2D eigenvalue weighted by atomic mass is 10.2. The molecule has 1 aromatic carbocycles. The minimum absolute atomic E-state index is 0.0662. The number of hydrogen-bond donors (Lipinski definition) is 0. The highest BCUT2D eigenvalue weighted by molar-refractivity contribution is 6.31. The Hall–Kier alpha value is -1.93. The maximum atomic E-state index is 13.1. The predicted molar refractivity (Wildman–Crippen MR) is 55.2 cm³/mol. The molecule has 80 valence electrons. The summed E-state index contributed by atoms with van der Waals surface area (Å²) in [6.45, 7) is 0.283. The molecule has 1 heterocycles. The molecule has 4 nitrogen and oxygen atoms in total. The van der Waals surface area contributed by atoms with E-state index in [-0.39, 0.29) is 17.4 Å². The molecule has 0 aliphatic heterocycles. The highest BCUT2D eigenvalue weighted by Crippen LogP contribution is 2.20. The molecule has 0 radical (unpaired) electrons. The van der Waals surface area contributed by atoms with Gasteiger partial charge in [0.15, 0.2) is 0 Å². The van der Waals surface area contributed by atoms with Crippen LogP contribution in [0.5, 0.6) is 0 Å². The summed E-state index contributed by atoms with van der Waals surface area (Å²) in [5, 5.41) is 12.5. The normalized spacial score (nSPS) is 10.1. The van der Waals surface area contributed by atoms with E-state index >= 15 is 0 Å². The van der Waals surface area contributed by atoms with Gasteiger partial charge in [-0.15, -0.1) is 5.10 Å². The predicted octanol–water partition coefficient (Wildman–Crippen LogP) is 1.99. The number of nitriles is 1. The van der Waals surface area contributed by atoms with Gasteiger partial charge in [0.05, 0.1) is 11.6 Å². The van der Waals surface area contributed by atoms with Crippen molar-refractivity contribution in [2.45, 2.75) is 6.54 Å². The second kappa shape index (κ2) is 4.29. The maximum absolute atomic E-state index is 13.1. The molecule has 16 heavy (non-hydrogen) atoms. The summed E-state index contributed by atoms with van der Waals surface area (Å²) in [4.78, 5) is 3.74. The van der Waals surface area contributed by atoms with Crippen molar-refractivity contribution in [3.8, 4) is 6.07 Å². The lowest BCUT2D eigenvalue weighted by Gasteiger charge is -2.03. The van der Waals surface area contributed by atoms with E-state index in [9.17, 15) is 4.39 Å². The first-order valence-electron chi connectivity index (χ1n) is 4.43. The van der Waals surface area contributed by atoms with Gasteiger partial charge in [0.1, 0.15) is 18.2 Å². The van der Waals surface area contributed by atoms with E-state index in [1.54, 1.807) is 12.1 Å². The van der Waals surface area contributed by atoms with Gasteiger partial charge in [0, 0.05) is 0 Å². The largest absolute Gasteiger partial charge is 0.252 e. The monoisotopic (exact) mass is 236 g/mol. The van der Waals surface area contributed by atoms with Crippen LogP contribution in [0.1, 0.15) is 11.4 Å². The molecule has 0 amide bonds. The fourth-order valence-corrected chi connectivity index (χ4v) is 1.45. The van der Waals surface area contributed by atoms with E-state index in [0.29, 0.717) is 5.56 Å². The highest BCUT2D eigenvalue weighted by Gasteiger charge is 2.07. The van der Waals surface area contributed by atoms with Crippen LogP contribution in [0.2, 0.25) is 5.02 Å². The minimum atomic E-state index is -0.472. The van der Waals surface area contributed by atoms with E-state index in [0.717, 1.165) is 0 Å². The number of aromatic nitrogens is 3. The van der Waals surface area contributed by atoms with Gasteiger partial charge in [-0.25, -0.2) is 14.1 Å². The van der Waals surface area contributed by atoms with Gasteiger partial charge in [-0.2, -0.15) is 5.26 Å². The molecule has 0 unspecified atom stereocenters. The Bertz CT molecular complexity index is 558. The standard InChI is InChI=1S/C10H6ClFN4/c11-10-7(2-1-3-8(10)12)5-16-6-14-9(4-13)15-16/h1-3,6H,5H2. The second-order valence-corrected chi connectivity index (χ2v) is 3.47. The first kappa shape index (κ1) is 10.6. The van der Waals surface area contributed by atoms with Gasteiger partial charge < -0.3 is 0 Å². The first-order chi connectivity index (χ1) is 7.70. The van der Waals surface area contributed by atoms with Crippen LogP contribution in [-0.4, -0.2) is 14.8 Å². The van der Waals surface area contributed by atoms with Crippen LogP contribution in [0.15, 0.2) is 24.5 Å². The van der Waals surface area contributed by atoms with Gasteiger partial charge in [-0.3, -0.25) is 0 Å². The summed E-state index contributed by atoms with van der Waals surface area (Å²) in [6, 6.07) is 6.36. The Morgan fingerprint density at radius 3 is 3.00 bits per heavy atom. The van der Waals surface area contributed by atoms with Gasteiger partial charge >= 0.3 is 0 Å². The molecule has 0 saturated carbocycles. The van der Waals surface area contributed by atoms with E-state index in [1.807, 2.05) is 6.07 Å². The molecule has 2 rings (SSSR count). The summed E-state index contributed by atoms with van der Waals surface area (Å²) in [5.74, 6) is -0.396. The Morgan fingerprint density at radius 2 is 2.31 bits per heavy atom. The highest BCUT2D eigenvalue weighted by atomic mass is 35.5. The molecule has 1 aromatic heterocycles. The van der Waals surface area contributed by atoms with Crippen molar-refractivity contribution in [1.82, 2.24) is 14.8 Å². The molecular formula is C10H6ClFN4. The lowest BCUT2D eigenvalue weighted by molar-refractivity contribution is 0.619. The first-order valence-corrected chi connectivity index (χ1v) is 4.81. The third-order valence-electron chi connectivity index (χ3n) is 2.00. The zero-order valence-electron chi connectivity index (χ0n) is 8.06. The van der Waals surface area contributed by atoms with Crippen molar-refractivity contribution in [1.29, 1.82) is 5.26 Å². The fraction of sp³-hybridized carbons (Fsp3) is 0.100. The summed E-state index contributed by atoms with van der Waals surface area (Å²) >= 11 is 5.78. The van der Waals surface area contributed by atoms with Gasteiger partial charge in [-0.1, -0.05) is 23.7 Å². The second-order valence-electron chi connectivity index (χ2n) is 3.09. The molecule has 0 aliphatic rings. The van der Waals surface area contributed by atoms with Crippen LogP contribution in [-0.2, 0) is 6.54 Å².